The summed E-state index contributed by atoms with van der Waals surface area (Å²) in [6.07, 6.45) is 9.20. The molecule has 18 heavy (non-hydrogen) atoms. The molecule has 1 heterocycles. The molecule has 1 saturated carbocycles. The van der Waals surface area contributed by atoms with E-state index in [-0.39, 0.29) is 0 Å². The smallest absolute Gasteiger partial charge is 0.159 e. The third-order valence-corrected chi connectivity index (χ3v) is 3.67. The van der Waals surface area contributed by atoms with Crippen LogP contribution in [0.1, 0.15) is 37.2 Å². The van der Waals surface area contributed by atoms with Gasteiger partial charge in [-0.2, -0.15) is 0 Å². The summed E-state index contributed by atoms with van der Waals surface area (Å²) in [5.74, 6) is 1.45. The maximum Gasteiger partial charge on any atom is 0.159 e. The molecular weight excluding hydrogens is 222 g/mol. The molecule has 3 heteroatoms. The predicted octanol–water partition coefficient (Wildman–Crippen LogP) is 3.38. The summed E-state index contributed by atoms with van der Waals surface area (Å²) >= 11 is 0. The van der Waals surface area contributed by atoms with Crippen molar-refractivity contribution in [2.75, 3.05) is 5.73 Å². The molecule has 1 fully saturated rings. The van der Waals surface area contributed by atoms with Gasteiger partial charge in [0.1, 0.15) is 0 Å². The summed E-state index contributed by atoms with van der Waals surface area (Å²) in [6.45, 7) is 0. The maximum atomic E-state index is 5.67. The number of benzene rings is 1. The molecule has 92 valence electrons. The summed E-state index contributed by atoms with van der Waals surface area (Å²) in [5, 5.41) is 0. The van der Waals surface area contributed by atoms with Gasteiger partial charge in [-0.15, -0.1) is 0 Å². The van der Waals surface area contributed by atoms with Crippen LogP contribution in [-0.4, -0.2) is 9.97 Å². The largest absolute Gasteiger partial charge is 0.399 e. The van der Waals surface area contributed by atoms with Crippen LogP contribution in [-0.2, 0) is 0 Å². The van der Waals surface area contributed by atoms with Gasteiger partial charge in [0, 0.05) is 23.6 Å². The van der Waals surface area contributed by atoms with E-state index >= 15 is 0 Å². The summed E-state index contributed by atoms with van der Waals surface area (Å²) < 4.78 is 0. The van der Waals surface area contributed by atoms with E-state index in [4.69, 9.17) is 5.73 Å². The lowest BCUT2D eigenvalue weighted by atomic mass is 10.0. The average molecular weight is 239 g/mol. The fourth-order valence-corrected chi connectivity index (χ4v) is 2.59. The van der Waals surface area contributed by atoms with Gasteiger partial charge >= 0.3 is 0 Å². The molecule has 1 aliphatic rings. The number of nitrogens with zero attached hydrogens (tertiary/aromatic N) is 2. The fraction of sp³-hybridized carbons (Fsp3) is 0.333. The van der Waals surface area contributed by atoms with E-state index in [1.807, 2.05) is 36.7 Å². The van der Waals surface area contributed by atoms with Crippen LogP contribution >= 0.6 is 0 Å². The van der Waals surface area contributed by atoms with E-state index < -0.39 is 0 Å². The Hall–Kier alpha value is -1.90. The highest BCUT2D eigenvalue weighted by Gasteiger charge is 2.17. The van der Waals surface area contributed by atoms with Crippen molar-refractivity contribution in [2.24, 2.45) is 0 Å². The number of hydrogen-bond donors (Lipinski definition) is 1. The number of aromatic nitrogens is 2. The number of nitrogens with two attached hydrogens (primary N) is 1. The lowest BCUT2D eigenvalue weighted by Crippen LogP contribution is -1.97. The molecule has 0 unspecified atom stereocenters. The van der Waals surface area contributed by atoms with Crippen molar-refractivity contribution in [1.82, 2.24) is 9.97 Å². The molecule has 2 N–H and O–H groups in total. The van der Waals surface area contributed by atoms with E-state index in [2.05, 4.69) is 9.97 Å². The number of rotatable bonds is 2. The highest BCUT2D eigenvalue weighted by Crippen LogP contribution is 2.33. The molecule has 1 aliphatic carbocycles. The second kappa shape index (κ2) is 4.77. The number of nitrogen functional groups attached to an aromatic ring is 1. The Bertz CT molecular complexity index is 510. The van der Waals surface area contributed by atoms with Crippen LogP contribution in [0.4, 0.5) is 5.69 Å². The molecule has 0 spiro atoms. The second-order valence-electron chi connectivity index (χ2n) is 4.94. The molecule has 0 saturated heterocycles. The fourth-order valence-electron chi connectivity index (χ4n) is 2.59. The Kier molecular flexibility index (Phi) is 2.97. The van der Waals surface area contributed by atoms with Crippen LogP contribution in [0.3, 0.4) is 0 Å². The average Bonchev–Trinajstić information content (AvgIpc) is 2.94. The van der Waals surface area contributed by atoms with Gasteiger partial charge in [-0.25, -0.2) is 9.97 Å². The van der Waals surface area contributed by atoms with E-state index in [1.165, 1.54) is 31.2 Å². The number of hydrogen-bond acceptors (Lipinski definition) is 3. The van der Waals surface area contributed by atoms with E-state index in [0.717, 1.165) is 17.1 Å². The molecule has 0 atom stereocenters. The van der Waals surface area contributed by atoms with Crippen molar-refractivity contribution >= 4 is 5.69 Å². The van der Waals surface area contributed by atoms with Gasteiger partial charge in [0.15, 0.2) is 5.82 Å². The van der Waals surface area contributed by atoms with Gasteiger partial charge in [0.05, 0.1) is 0 Å². The van der Waals surface area contributed by atoms with Crippen molar-refractivity contribution < 1.29 is 0 Å². The minimum Gasteiger partial charge on any atom is -0.399 e. The van der Waals surface area contributed by atoms with Crippen molar-refractivity contribution in [2.45, 2.75) is 31.6 Å². The van der Waals surface area contributed by atoms with Gasteiger partial charge in [-0.05, 0) is 48.6 Å². The minimum absolute atomic E-state index is 0.672. The molecule has 0 bridgehead atoms. The topological polar surface area (TPSA) is 51.8 Å². The Balaban J connectivity index is 1.84. The maximum absolute atomic E-state index is 5.67. The third-order valence-electron chi connectivity index (χ3n) is 3.67. The molecule has 0 aliphatic heterocycles. The molecule has 1 aromatic carbocycles. The first kappa shape index (κ1) is 11.2. The predicted molar refractivity (Wildman–Crippen MR) is 73.1 cm³/mol. The normalized spacial score (nSPS) is 16.0. The standard InChI is InChI=1S/C15H17N3/c16-14-7-5-12(6-8-14)15-17-9-13(10-18-15)11-3-1-2-4-11/h5-11H,1-4,16H2. The Morgan fingerprint density at radius 3 is 2.17 bits per heavy atom. The van der Waals surface area contributed by atoms with Gasteiger partial charge in [0.25, 0.3) is 0 Å². The van der Waals surface area contributed by atoms with Crippen LogP contribution < -0.4 is 5.73 Å². The molecule has 3 nitrogen and oxygen atoms in total. The molecule has 2 aromatic rings. The first-order valence-corrected chi connectivity index (χ1v) is 6.51. The third kappa shape index (κ3) is 2.21. The van der Waals surface area contributed by atoms with Crippen LogP contribution in [0.25, 0.3) is 11.4 Å². The quantitative estimate of drug-likeness (QED) is 0.817. The van der Waals surface area contributed by atoms with Crippen molar-refractivity contribution in [3.05, 3.63) is 42.2 Å². The molecule has 1 aromatic heterocycles. The molecule has 3 rings (SSSR count). The monoisotopic (exact) mass is 239 g/mol. The van der Waals surface area contributed by atoms with E-state index in [1.54, 1.807) is 0 Å². The highest BCUT2D eigenvalue weighted by molar-refractivity contribution is 5.58. The summed E-state index contributed by atoms with van der Waals surface area (Å²) in [7, 11) is 0. The van der Waals surface area contributed by atoms with Crippen LogP contribution in [0.5, 0.6) is 0 Å². The van der Waals surface area contributed by atoms with Crippen LogP contribution in [0.2, 0.25) is 0 Å². The highest BCUT2D eigenvalue weighted by atomic mass is 14.9. The van der Waals surface area contributed by atoms with Crippen LogP contribution in [0.15, 0.2) is 36.7 Å². The first-order valence-electron chi connectivity index (χ1n) is 6.51. The van der Waals surface area contributed by atoms with Crippen molar-refractivity contribution in [3.63, 3.8) is 0 Å². The minimum atomic E-state index is 0.672. The summed E-state index contributed by atoms with van der Waals surface area (Å²) in [4.78, 5) is 8.94. The number of anilines is 1. The van der Waals surface area contributed by atoms with Crippen LogP contribution in [0, 0.1) is 0 Å². The summed E-state index contributed by atoms with van der Waals surface area (Å²) in [5.41, 5.74) is 8.74. The Labute approximate surface area is 107 Å². The molecule has 0 amide bonds. The van der Waals surface area contributed by atoms with E-state index in [9.17, 15) is 0 Å². The lowest BCUT2D eigenvalue weighted by Gasteiger charge is -2.08. The molecule has 0 radical (unpaired) electrons. The summed E-state index contributed by atoms with van der Waals surface area (Å²) in [6, 6.07) is 7.67. The van der Waals surface area contributed by atoms with Crippen molar-refractivity contribution in [1.29, 1.82) is 0 Å². The van der Waals surface area contributed by atoms with Gasteiger partial charge in [-0.1, -0.05) is 12.8 Å². The lowest BCUT2D eigenvalue weighted by molar-refractivity contribution is 0.714. The van der Waals surface area contributed by atoms with Gasteiger partial charge in [0.2, 0.25) is 0 Å². The Morgan fingerprint density at radius 1 is 0.944 bits per heavy atom. The second-order valence-corrected chi connectivity index (χ2v) is 4.94. The Morgan fingerprint density at radius 2 is 1.56 bits per heavy atom. The zero-order chi connectivity index (χ0) is 12.4. The van der Waals surface area contributed by atoms with Crippen molar-refractivity contribution in [3.8, 4) is 11.4 Å². The van der Waals surface area contributed by atoms with E-state index in [0.29, 0.717) is 5.92 Å². The SMILES string of the molecule is Nc1ccc(-c2ncc(C3CCCC3)cn2)cc1. The molecular formula is C15H17N3. The zero-order valence-corrected chi connectivity index (χ0v) is 10.3. The van der Waals surface area contributed by atoms with Gasteiger partial charge in [-0.3, -0.25) is 0 Å². The van der Waals surface area contributed by atoms with Gasteiger partial charge < -0.3 is 5.73 Å². The first-order chi connectivity index (χ1) is 8.83. The zero-order valence-electron chi connectivity index (χ0n) is 10.3.